The summed E-state index contributed by atoms with van der Waals surface area (Å²) in [5.74, 6) is -0.109. The number of nitrogens with zero attached hydrogens (tertiary/aromatic N) is 2. The Morgan fingerprint density at radius 2 is 2.00 bits per heavy atom. The smallest absolute Gasteiger partial charge is 0.308 e. The van der Waals surface area contributed by atoms with E-state index in [0.717, 1.165) is 11.1 Å². The molecule has 0 radical (unpaired) electrons. The van der Waals surface area contributed by atoms with Gasteiger partial charge in [0.1, 0.15) is 6.07 Å². The molecule has 1 amide bonds. The van der Waals surface area contributed by atoms with Crippen LogP contribution in [0.25, 0.3) is 10.9 Å². The van der Waals surface area contributed by atoms with Crippen molar-refractivity contribution in [3.05, 3.63) is 53.2 Å². The number of fused-ring (bicyclic) bond motifs is 1. The maximum atomic E-state index is 12.3. The normalized spacial score (nSPS) is 10.4. The Kier molecular flexibility index (Phi) is 7.43. The average Bonchev–Trinajstić information content (AvgIpc) is 2.79. The fraction of sp³-hybridized carbons (Fsp3) is 0.250. The molecule has 3 aromatic rings. The third-order valence-corrected chi connectivity index (χ3v) is 4.87. The van der Waals surface area contributed by atoms with Crippen molar-refractivity contribution in [2.75, 3.05) is 25.5 Å². The zero-order valence-corrected chi connectivity index (χ0v) is 18.7. The Balaban J connectivity index is 2.12. The van der Waals surface area contributed by atoms with Crippen molar-refractivity contribution in [2.45, 2.75) is 20.3 Å². The summed E-state index contributed by atoms with van der Waals surface area (Å²) >= 11 is 0. The van der Waals surface area contributed by atoms with Gasteiger partial charge in [0.2, 0.25) is 5.91 Å². The molecule has 0 saturated heterocycles. The van der Waals surface area contributed by atoms with E-state index >= 15 is 0 Å². The number of benzene rings is 2. The van der Waals surface area contributed by atoms with Gasteiger partial charge in [-0.05, 0) is 30.2 Å². The second kappa shape index (κ2) is 10.4. The van der Waals surface area contributed by atoms with Crippen molar-refractivity contribution in [3.8, 4) is 17.6 Å². The highest BCUT2D eigenvalue weighted by molar-refractivity contribution is 5.98. The fourth-order valence-electron chi connectivity index (χ4n) is 3.36. The fourth-order valence-corrected chi connectivity index (χ4v) is 3.36. The van der Waals surface area contributed by atoms with Gasteiger partial charge in [0.25, 0.3) is 0 Å². The van der Waals surface area contributed by atoms with Gasteiger partial charge in [0, 0.05) is 43.4 Å². The Hall–Kier alpha value is -4.16. The number of ether oxygens (including phenoxy) is 2. The van der Waals surface area contributed by atoms with Crippen molar-refractivity contribution in [1.29, 1.82) is 5.26 Å². The summed E-state index contributed by atoms with van der Waals surface area (Å²) in [5, 5.41) is 16.4. The lowest BCUT2D eigenvalue weighted by Gasteiger charge is -2.17. The summed E-state index contributed by atoms with van der Waals surface area (Å²) in [6.45, 7) is 3.97. The van der Waals surface area contributed by atoms with Crippen molar-refractivity contribution < 1.29 is 19.1 Å². The number of aromatic nitrogens is 1. The van der Waals surface area contributed by atoms with Gasteiger partial charge in [-0.15, -0.1) is 0 Å². The number of hydrogen-bond donors (Lipinski definition) is 3. The number of pyridine rings is 1. The summed E-state index contributed by atoms with van der Waals surface area (Å²) in [6, 6.07) is 11.1. The largest absolute Gasteiger partial charge is 0.493 e. The molecule has 0 aliphatic carbocycles. The van der Waals surface area contributed by atoms with E-state index in [1.165, 1.54) is 20.2 Å². The Labute approximate surface area is 191 Å². The Bertz CT molecular complexity index is 1250. The van der Waals surface area contributed by atoms with Crippen LogP contribution in [0.2, 0.25) is 0 Å². The number of amides is 1. The minimum absolute atomic E-state index is 0.139. The van der Waals surface area contributed by atoms with Crippen LogP contribution in [-0.2, 0) is 16.0 Å². The number of methoxy groups -OCH3 is 1. The van der Waals surface area contributed by atoms with E-state index in [9.17, 15) is 14.9 Å². The second-order valence-corrected chi connectivity index (χ2v) is 7.37. The summed E-state index contributed by atoms with van der Waals surface area (Å²) < 4.78 is 10.6. The molecule has 1 aromatic heterocycles. The molecule has 1 heterocycles. The van der Waals surface area contributed by atoms with Crippen LogP contribution in [0.5, 0.6) is 11.5 Å². The van der Waals surface area contributed by atoms with Crippen LogP contribution < -0.4 is 25.8 Å². The number of rotatable bonds is 8. The molecule has 3 rings (SSSR count). The molecule has 33 heavy (non-hydrogen) atoms. The van der Waals surface area contributed by atoms with Crippen molar-refractivity contribution in [1.82, 2.24) is 10.3 Å². The summed E-state index contributed by atoms with van der Waals surface area (Å²) in [7, 11) is 1.46. The molecule has 9 nitrogen and oxygen atoms in total. The van der Waals surface area contributed by atoms with Gasteiger partial charge in [-0.3, -0.25) is 14.6 Å². The zero-order valence-electron chi connectivity index (χ0n) is 18.7. The third kappa shape index (κ3) is 5.56. The van der Waals surface area contributed by atoms with E-state index in [0.29, 0.717) is 46.7 Å². The quantitative estimate of drug-likeness (QED) is 0.354. The first-order valence-electron chi connectivity index (χ1n) is 10.3. The molecular formula is C24H25N5O4. The molecule has 0 spiro atoms. The number of anilines is 2. The molecule has 0 unspecified atom stereocenters. The van der Waals surface area contributed by atoms with Crippen LogP contribution in [0.15, 0.2) is 36.5 Å². The molecule has 0 aliphatic rings. The van der Waals surface area contributed by atoms with Gasteiger partial charge in [-0.2, -0.15) is 5.26 Å². The summed E-state index contributed by atoms with van der Waals surface area (Å²) in [5.41, 5.74) is 9.17. The maximum absolute atomic E-state index is 12.3. The van der Waals surface area contributed by atoms with Crippen molar-refractivity contribution in [2.24, 2.45) is 5.73 Å². The zero-order chi connectivity index (χ0) is 24.0. The molecule has 9 heteroatoms. The Morgan fingerprint density at radius 1 is 1.21 bits per heavy atom. The number of nitriles is 1. The van der Waals surface area contributed by atoms with Gasteiger partial charge in [-0.25, -0.2) is 0 Å². The minimum Gasteiger partial charge on any atom is -0.493 e. The van der Waals surface area contributed by atoms with Crippen LogP contribution in [0.4, 0.5) is 11.4 Å². The topological polar surface area (TPSA) is 139 Å². The van der Waals surface area contributed by atoms with E-state index in [2.05, 4.69) is 21.7 Å². The van der Waals surface area contributed by atoms with Crippen molar-refractivity contribution in [3.63, 3.8) is 0 Å². The highest BCUT2D eigenvalue weighted by Gasteiger charge is 2.17. The predicted octanol–water partition coefficient (Wildman–Crippen LogP) is 2.71. The van der Waals surface area contributed by atoms with Crippen LogP contribution in [0, 0.1) is 18.3 Å². The van der Waals surface area contributed by atoms with Gasteiger partial charge >= 0.3 is 5.97 Å². The molecule has 4 N–H and O–H groups in total. The van der Waals surface area contributed by atoms with Crippen molar-refractivity contribution >= 4 is 34.2 Å². The lowest BCUT2D eigenvalue weighted by atomic mass is 10.0. The molecule has 0 saturated carbocycles. The van der Waals surface area contributed by atoms with E-state index < -0.39 is 5.97 Å². The first kappa shape index (κ1) is 23.5. The van der Waals surface area contributed by atoms with Crippen LogP contribution >= 0.6 is 0 Å². The van der Waals surface area contributed by atoms with E-state index in [-0.39, 0.29) is 18.1 Å². The molecular weight excluding hydrogens is 422 g/mol. The number of hydrogen-bond acceptors (Lipinski definition) is 8. The molecule has 2 aromatic carbocycles. The van der Waals surface area contributed by atoms with E-state index in [1.54, 1.807) is 12.1 Å². The Morgan fingerprint density at radius 3 is 2.67 bits per heavy atom. The molecule has 0 bridgehead atoms. The van der Waals surface area contributed by atoms with Crippen LogP contribution in [0.3, 0.4) is 0 Å². The minimum atomic E-state index is -0.504. The van der Waals surface area contributed by atoms with Gasteiger partial charge < -0.3 is 25.8 Å². The van der Waals surface area contributed by atoms with Crippen LogP contribution in [0.1, 0.15) is 23.6 Å². The maximum Gasteiger partial charge on any atom is 0.308 e. The van der Waals surface area contributed by atoms with E-state index in [4.69, 9.17) is 15.2 Å². The predicted molar refractivity (Wildman–Crippen MR) is 125 cm³/mol. The highest BCUT2D eigenvalue weighted by Crippen LogP contribution is 2.37. The monoisotopic (exact) mass is 447 g/mol. The number of aryl methyl sites for hydroxylation is 1. The molecule has 0 fully saturated rings. The SMILES string of the molecule is COc1cc2ncc(C#N)c(Nc3cc(C)ccc3CC(=O)NCCN)c2cc1OC(C)=O. The van der Waals surface area contributed by atoms with Gasteiger partial charge in [0.05, 0.1) is 30.3 Å². The number of carbonyl (C=O) groups excluding carboxylic acids is 2. The first-order valence-corrected chi connectivity index (χ1v) is 10.3. The second-order valence-electron chi connectivity index (χ2n) is 7.37. The number of esters is 1. The molecule has 0 aliphatic heterocycles. The summed E-state index contributed by atoms with van der Waals surface area (Å²) in [6.07, 6.45) is 1.60. The highest BCUT2D eigenvalue weighted by atomic mass is 16.6. The third-order valence-electron chi connectivity index (χ3n) is 4.87. The number of nitrogens with one attached hydrogen (secondary N) is 2. The van der Waals surface area contributed by atoms with Gasteiger partial charge in [0.15, 0.2) is 11.5 Å². The lowest BCUT2D eigenvalue weighted by molar-refractivity contribution is -0.132. The van der Waals surface area contributed by atoms with Crippen LogP contribution in [-0.4, -0.2) is 37.1 Å². The number of carbonyl (C=O) groups is 2. The summed E-state index contributed by atoms with van der Waals surface area (Å²) in [4.78, 5) is 28.2. The van der Waals surface area contributed by atoms with E-state index in [1.807, 2.05) is 25.1 Å². The van der Waals surface area contributed by atoms with Gasteiger partial charge in [-0.1, -0.05) is 12.1 Å². The first-order chi connectivity index (χ1) is 15.9. The molecule has 0 atom stereocenters. The standard InChI is InChI=1S/C24H25N5O4/c1-14-4-5-16(9-23(31)27-7-6-25)19(8-14)29-24-17(12-26)13-28-20-11-21(32-3)22(10-18(20)24)33-15(2)30/h4-5,8,10-11,13H,6-7,9,25H2,1-3H3,(H,27,31)(H,28,29). The number of nitrogens with two attached hydrogens (primary N) is 1. The average molecular weight is 447 g/mol. The molecule has 170 valence electrons. The lowest BCUT2D eigenvalue weighted by Crippen LogP contribution is -2.30.